The number of aryl methyl sites for hydroxylation is 1. The molecule has 2 aliphatic rings. The molecule has 1 atom stereocenters. The lowest BCUT2D eigenvalue weighted by molar-refractivity contribution is 0.0644. The van der Waals surface area contributed by atoms with E-state index in [-0.39, 0.29) is 22.9 Å². The Labute approximate surface area is 159 Å². The third kappa shape index (κ3) is 2.77. The van der Waals surface area contributed by atoms with Crippen molar-refractivity contribution in [3.63, 3.8) is 0 Å². The van der Waals surface area contributed by atoms with Crippen molar-refractivity contribution >= 4 is 33.7 Å². The molecule has 5 rings (SSSR count). The number of carbonyl (C=O) groups is 2. The number of hydrogen-bond donors (Lipinski definition) is 0. The summed E-state index contributed by atoms with van der Waals surface area (Å²) in [7, 11) is 0. The maximum absolute atomic E-state index is 14.9. The van der Waals surface area contributed by atoms with Gasteiger partial charge in [0.05, 0.1) is 5.69 Å². The molecule has 5 nitrogen and oxygen atoms in total. The van der Waals surface area contributed by atoms with Crippen molar-refractivity contribution in [2.24, 2.45) is 0 Å². The van der Waals surface area contributed by atoms with Gasteiger partial charge in [0.1, 0.15) is 4.88 Å². The first kappa shape index (κ1) is 16.6. The van der Waals surface area contributed by atoms with Gasteiger partial charge in [0.15, 0.2) is 5.82 Å². The van der Waals surface area contributed by atoms with Gasteiger partial charge in [-0.1, -0.05) is 18.2 Å². The molecule has 0 spiro atoms. The summed E-state index contributed by atoms with van der Waals surface area (Å²) in [5.74, 6) is -0.607. The van der Waals surface area contributed by atoms with Crippen LogP contribution in [0.5, 0.6) is 0 Å². The third-order valence-corrected chi connectivity index (χ3v) is 6.60. The molecule has 1 fully saturated rings. The quantitative estimate of drug-likeness (QED) is 0.649. The number of amides is 1. The van der Waals surface area contributed by atoms with Crippen LogP contribution >= 0.6 is 11.3 Å². The number of hydrogen-bond acceptors (Lipinski definition) is 4. The van der Waals surface area contributed by atoms with Crippen molar-refractivity contribution in [3.05, 3.63) is 52.4 Å². The van der Waals surface area contributed by atoms with Crippen LogP contribution < -0.4 is 0 Å². The molecule has 1 unspecified atom stereocenters. The summed E-state index contributed by atoms with van der Waals surface area (Å²) in [5.41, 5.74) is 1.93. The van der Waals surface area contributed by atoms with Gasteiger partial charge in [0.25, 0.3) is 5.91 Å². The van der Waals surface area contributed by atoms with Crippen molar-refractivity contribution in [1.29, 1.82) is 0 Å². The summed E-state index contributed by atoms with van der Waals surface area (Å²) in [4.78, 5) is 26.4. The standard InChI is InChI=1S/C20H18FN3O2S/c21-18-15-3-1-2-4-17(15)27-19(18)20(26)24(13-5-6-13)14-7-8-16-12(9-14)10-23(11-25)22-16/h1-4,10-11,13-14H,5-9H2. The lowest BCUT2D eigenvalue weighted by Crippen LogP contribution is -2.44. The van der Waals surface area contributed by atoms with Crippen LogP contribution in [0.15, 0.2) is 30.5 Å². The van der Waals surface area contributed by atoms with E-state index in [2.05, 4.69) is 5.10 Å². The van der Waals surface area contributed by atoms with E-state index < -0.39 is 5.82 Å². The number of thiophene rings is 1. The molecule has 7 heteroatoms. The van der Waals surface area contributed by atoms with Crippen LogP contribution in [0.2, 0.25) is 0 Å². The van der Waals surface area contributed by atoms with Crippen LogP contribution in [-0.4, -0.2) is 39.1 Å². The van der Waals surface area contributed by atoms with E-state index in [0.717, 1.165) is 41.6 Å². The first-order chi connectivity index (χ1) is 13.2. The largest absolute Gasteiger partial charge is 0.332 e. The SMILES string of the molecule is O=Cn1cc2c(n1)CCC(N(C(=O)c1sc3ccccc3c1F)C1CC1)C2. The molecule has 0 saturated heterocycles. The predicted octanol–water partition coefficient (Wildman–Crippen LogP) is 3.44. The number of nitrogens with zero attached hydrogens (tertiary/aromatic N) is 3. The van der Waals surface area contributed by atoms with Crippen LogP contribution in [0.25, 0.3) is 10.1 Å². The van der Waals surface area contributed by atoms with Crippen molar-refractivity contribution in [3.8, 4) is 0 Å². The van der Waals surface area contributed by atoms with E-state index in [9.17, 15) is 14.0 Å². The molecule has 2 aromatic heterocycles. The minimum atomic E-state index is -0.406. The molecule has 2 aliphatic carbocycles. The van der Waals surface area contributed by atoms with Crippen molar-refractivity contribution in [2.45, 2.75) is 44.2 Å². The minimum Gasteiger partial charge on any atom is -0.332 e. The van der Waals surface area contributed by atoms with Gasteiger partial charge in [-0.15, -0.1) is 11.3 Å². The van der Waals surface area contributed by atoms with Crippen LogP contribution in [-0.2, 0) is 17.6 Å². The van der Waals surface area contributed by atoms with Gasteiger partial charge in [-0.2, -0.15) is 5.10 Å². The topological polar surface area (TPSA) is 55.2 Å². The molecule has 3 aromatic rings. The van der Waals surface area contributed by atoms with Crippen molar-refractivity contribution in [1.82, 2.24) is 14.7 Å². The zero-order valence-electron chi connectivity index (χ0n) is 14.6. The van der Waals surface area contributed by atoms with Gasteiger partial charge in [0.2, 0.25) is 6.41 Å². The van der Waals surface area contributed by atoms with Gasteiger partial charge in [-0.05, 0) is 43.7 Å². The lowest BCUT2D eigenvalue weighted by atomic mass is 9.92. The number of rotatable bonds is 4. The molecule has 0 radical (unpaired) electrons. The van der Waals surface area contributed by atoms with E-state index in [1.807, 2.05) is 17.0 Å². The van der Waals surface area contributed by atoms with Gasteiger partial charge in [0, 0.05) is 28.4 Å². The molecule has 1 saturated carbocycles. The Bertz CT molecular complexity index is 1050. The Morgan fingerprint density at radius 2 is 2.07 bits per heavy atom. The normalized spacial score (nSPS) is 19.1. The second kappa shape index (κ2) is 6.27. The summed E-state index contributed by atoms with van der Waals surface area (Å²) in [5, 5.41) is 4.77. The van der Waals surface area contributed by atoms with E-state index in [4.69, 9.17) is 0 Å². The number of halogens is 1. The molecule has 2 heterocycles. The lowest BCUT2D eigenvalue weighted by Gasteiger charge is -2.34. The van der Waals surface area contributed by atoms with Crippen LogP contribution in [0, 0.1) is 5.82 Å². The molecule has 1 amide bonds. The van der Waals surface area contributed by atoms with Gasteiger partial charge < -0.3 is 4.90 Å². The highest BCUT2D eigenvalue weighted by Crippen LogP contribution is 2.37. The molecule has 1 aromatic carbocycles. The Morgan fingerprint density at radius 3 is 2.81 bits per heavy atom. The van der Waals surface area contributed by atoms with Gasteiger partial charge in [-0.25, -0.2) is 9.07 Å². The summed E-state index contributed by atoms with van der Waals surface area (Å²) in [6.45, 7) is 0. The van der Waals surface area contributed by atoms with E-state index in [1.54, 1.807) is 18.3 Å². The van der Waals surface area contributed by atoms with Crippen LogP contribution in [0.3, 0.4) is 0 Å². The molecular weight excluding hydrogens is 365 g/mol. The monoisotopic (exact) mass is 383 g/mol. The predicted molar refractivity (Wildman–Crippen MR) is 101 cm³/mol. The summed E-state index contributed by atoms with van der Waals surface area (Å²) in [6, 6.07) is 7.43. The molecule has 0 bridgehead atoms. The molecule has 138 valence electrons. The fourth-order valence-electron chi connectivity index (χ4n) is 4.05. The Hall–Kier alpha value is -2.54. The highest BCUT2D eigenvalue weighted by atomic mass is 32.1. The Balaban J connectivity index is 1.48. The maximum atomic E-state index is 14.9. The van der Waals surface area contributed by atoms with E-state index >= 15 is 0 Å². The molecule has 0 N–H and O–H groups in total. The number of carbonyl (C=O) groups excluding carboxylic acids is 2. The number of fused-ring (bicyclic) bond motifs is 2. The minimum absolute atomic E-state index is 0.0198. The van der Waals surface area contributed by atoms with Crippen LogP contribution in [0.1, 0.15) is 40.2 Å². The summed E-state index contributed by atoms with van der Waals surface area (Å²) in [6.07, 6.45) is 6.54. The summed E-state index contributed by atoms with van der Waals surface area (Å²) < 4.78 is 17.0. The average molecular weight is 383 g/mol. The highest BCUT2D eigenvalue weighted by Gasteiger charge is 2.40. The van der Waals surface area contributed by atoms with Gasteiger partial charge in [-0.3, -0.25) is 9.59 Å². The van der Waals surface area contributed by atoms with Crippen molar-refractivity contribution in [2.75, 3.05) is 0 Å². The fourth-order valence-corrected chi connectivity index (χ4v) is 5.08. The van der Waals surface area contributed by atoms with Crippen LogP contribution in [0.4, 0.5) is 4.39 Å². The first-order valence-corrected chi connectivity index (χ1v) is 9.99. The average Bonchev–Trinajstić information content (AvgIpc) is 3.33. The smallest absolute Gasteiger partial charge is 0.267 e. The van der Waals surface area contributed by atoms with Gasteiger partial charge >= 0.3 is 0 Å². The first-order valence-electron chi connectivity index (χ1n) is 9.17. The Morgan fingerprint density at radius 1 is 1.26 bits per heavy atom. The second-order valence-corrected chi connectivity index (χ2v) is 8.32. The fraction of sp³-hybridized carbons (Fsp3) is 0.350. The summed E-state index contributed by atoms with van der Waals surface area (Å²) >= 11 is 1.23. The molecule has 0 aliphatic heterocycles. The molecular formula is C20H18FN3O2S. The zero-order valence-corrected chi connectivity index (χ0v) is 15.4. The van der Waals surface area contributed by atoms with Crippen molar-refractivity contribution < 1.29 is 14.0 Å². The van der Waals surface area contributed by atoms with E-state index in [1.165, 1.54) is 16.0 Å². The number of aromatic nitrogens is 2. The third-order valence-electron chi connectivity index (χ3n) is 5.47. The molecule has 27 heavy (non-hydrogen) atoms. The Kier molecular flexibility index (Phi) is 3.86. The highest BCUT2D eigenvalue weighted by molar-refractivity contribution is 7.20. The number of benzene rings is 1. The maximum Gasteiger partial charge on any atom is 0.267 e. The van der Waals surface area contributed by atoms with E-state index in [0.29, 0.717) is 18.2 Å². The second-order valence-electron chi connectivity index (χ2n) is 7.27. The zero-order chi connectivity index (χ0) is 18.5.